The maximum absolute atomic E-state index is 12.0. The minimum Gasteiger partial charge on any atom is -0.480 e. The molecular weight excluding hydrogens is 382 g/mol. The van der Waals surface area contributed by atoms with Crippen LogP contribution in [0.5, 0.6) is 5.75 Å². The summed E-state index contributed by atoms with van der Waals surface area (Å²) >= 11 is 3.41. The largest absolute Gasteiger partial charge is 0.480 e. The van der Waals surface area contributed by atoms with Crippen LogP contribution in [0.15, 0.2) is 28.7 Å². The number of carbonyl (C=O) groups is 1. The van der Waals surface area contributed by atoms with E-state index in [0.29, 0.717) is 12.3 Å². The third kappa shape index (κ3) is 7.08. The van der Waals surface area contributed by atoms with Crippen molar-refractivity contribution in [3.05, 3.63) is 28.7 Å². The lowest BCUT2D eigenvalue weighted by Gasteiger charge is -2.27. The van der Waals surface area contributed by atoms with Gasteiger partial charge in [-0.3, -0.25) is 4.79 Å². The van der Waals surface area contributed by atoms with Crippen LogP contribution in [0.2, 0.25) is 0 Å². The SMILES string of the molecule is CC(Oc1ccccc1Br)C(=O)NCCCN1CCNCC1.Cl. The van der Waals surface area contributed by atoms with Crippen LogP contribution in [-0.2, 0) is 4.79 Å². The predicted molar refractivity (Wildman–Crippen MR) is 98.4 cm³/mol. The van der Waals surface area contributed by atoms with E-state index in [-0.39, 0.29) is 18.3 Å². The Balaban J connectivity index is 0.00000264. The van der Waals surface area contributed by atoms with Crippen LogP contribution < -0.4 is 15.4 Å². The number of rotatable bonds is 7. The molecule has 2 N–H and O–H groups in total. The minimum absolute atomic E-state index is 0. The molecule has 1 fully saturated rings. The number of amides is 1. The second-order valence-corrected chi connectivity index (χ2v) is 6.28. The van der Waals surface area contributed by atoms with Gasteiger partial charge in [-0.1, -0.05) is 12.1 Å². The van der Waals surface area contributed by atoms with Gasteiger partial charge in [0.2, 0.25) is 0 Å². The highest BCUT2D eigenvalue weighted by Crippen LogP contribution is 2.24. The number of piperazine rings is 1. The van der Waals surface area contributed by atoms with Crippen molar-refractivity contribution in [2.24, 2.45) is 0 Å². The molecule has 7 heteroatoms. The van der Waals surface area contributed by atoms with Gasteiger partial charge in [-0.05, 0) is 48.0 Å². The number of carbonyl (C=O) groups excluding carboxylic acids is 1. The second kappa shape index (κ2) is 10.9. The summed E-state index contributed by atoms with van der Waals surface area (Å²) in [5, 5.41) is 6.27. The fourth-order valence-corrected chi connectivity index (χ4v) is 2.76. The monoisotopic (exact) mass is 405 g/mol. The van der Waals surface area contributed by atoms with Crippen LogP contribution in [-0.4, -0.2) is 56.2 Å². The van der Waals surface area contributed by atoms with Crippen LogP contribution in [0.1, 0.15) is 13.3 Å². The number of hydrogen-bond acceptors (Lipinski definition) is 4. The molecule has 0 saturated carbocycles. The smallest absolute Gasteiger partial charge is 0.260 e. The molecule has 1 aliphatic rings. The molecule has 0 aromatic heterocycles. The molecule has 1 heterocycles. The molecule has 1 aromatic carbocycles. The highest BCUT2D eigenvalue weighted by molar-refractivity contribution is 9.10. The quantitative estimate of drug-likeness (QED) is 0.681. The number of ether oxygens (including phenoxy) is 1. The molecule has 1 aromatic rings. The lowest BCUT2D eigenvalue weighted by atomic mass is 10.3. The van der Waals surface area contributed by atoms with Crippen molar-refractivity contribution in [2.75, 3.05) is 39.3 Å². The maximum atomic E-state index is 12.0. The van der Waals surface area contributed by atoms with Crippen molar-refractivity contribution in [1.29, 1.82) is 0 Å². The standard InChI is InChI=1S/C16H24BrN3O2.ClH/c1-13(22-15-6-3-2-5-14(15)17)16(21)19-7-4-10-20-11-8-18-9-12-20;/h2-3,5-6,13,18H,4,7-12H2,1H3,(H,19,21);1H. The summed E-state index contributed by atoms with van der Waals surface area (Å²) in [5.74, 6) is 0.613. The van der Waals surface area contributed by atoms with Gasteiger partial charge in [0.25, 0.3) is 5.91 Å². The van der Waals surface area contributed by atoms with Crippen LogP contribution in [0, 0.1) is 0 Å². The van der Waals surface area contributed by atoms with Gasteiger partial charge < -0.3 is 20.3 Å². The van der Waals surface area contributed by atoms with Gasteiger partial charge >= 0.3 is 0 Å². The van der Waals surface area contributed by atoms with E-state index in [4.69, 9.17) is 4.74 Å². The van der Waals surface area contributed by atoms with Crippen LogP contribution >= 0.6 is 28.3 Å². The Labute approximate surface area is 152 Å². The number of para-hydroxylation sites is 1. The lowest BCUT2D eigenvalue weighted by Crippen LogP contribution is -2.44. The van der Waals surface area contributed by atoms with E-state index in [0.717, 1.165) is 43.6 Å². The van der Waals surface area contributed by atoms with Gasteiger partial charge in [-0.15, -0.1) is 12.4 Å². The van der Waals surface area contributed by atoms with E-state index in [9.17, 15) is 4.79 Å². The Hall–Kier alpha value is -0.820. The highest BCUT2D eigenvalue weighted by atomic mass is 79.9. The van der Waals surface area contributed by atoms with Crippen molar-refractivity contribution in [1.82, 2.24) is 15.5 Å². The van der Waals surface area contributed by atoms with E-state index in [2.05, 4.69) is 31.5 Å². The number of hydrogen-bond donors (Lipinski definition) is 2. The van der Waals surface area contributed by atoms with E-state index in [1.165, 1.54) is 0 Å². The van der Waals surface area contributed by atoms with Crippen molar-refractivity contribution in [2.45, 2.75) is 19.4 Å². The molecule has 0 spiro atoms. The van der Waals surface area contributed by atoms with E-state index in [1.807, 2.05) is 24.3 Å². The third-order valence-electron chi connectivity index (χ3n) is 3.67. The average molecular weight is 407 g/mol. The van der Waals surface area contributed by atoms with E-state index < -0.39 is 6.10 Å². The first-order valence-electron chi connectivity index (χ1n) is 7.79. The average Bonchev–Trinajstić information content (AvgIpc) is 2.54. The molecule has 1 amide bonds. The predicted octanol–water partition coefficient (Wildman–Crippen LogP) is 2.05. The summed E-state index contributed by atoms with van der Waals surface area (Å²) in [5.41, 5.74) is 0. The molecule has 0 bridgehead atoms. The van der Waals surface area contributed by atoms with Gasteiger partial charge in [-0.2, -0.15) is 0 Å². The molecule has 2 rings (SSSR count). The molecule has 1 aliphatic heterocycles. The molecule has 23 heavy (non-hydrogen) atoms. The minimum atomic E-state index is -0.502. The molecular formula is C16H25BrClN3O2. The Bertz CT molecular complexity index is 484. The van der Waals surface area contributed by atoms with E-state index in [1.54, 1.807) is 6.92 Å². The summed E-state index contributed by atoms with van der Waals surface area (Å²) in [6, 6.07) is 7.54. The summed E-state index contributed by atoms with van der Waals surface area (Å²) < 4.78 is 6.53. The zero-order valence-corrected chi connectivity index (χ0v) is 15.8. The Morgan fingerprint density at radius 3 is 2.78 bits per heavy atom. The van der Waals surface area contributed by atoms with Crippen molar-refractivity contribution >= 4 is 34.2 Å². The van der Waals surface area contributed by atoms with Gasteiger partial charge in [-0.25, -0.2) is 0 Å². The zero-order valence-electron chi connectivity index (χ0n) is 13.4. The molecule has 1 saturated heterocycles. The van der Waals surface area contributed by atoms with Crippen molar-refractivity contribution < 1.29 is 9.53 Å². The first-order valence-corrected chi connectivity index (χ1v) is 8.58. The molecule has 1 unspecified atom stereocenters. The Morgan fingerprint density at radius 2 is 2.09 bits per heavy atom. The number of halogens is 2. The first kappa shape index (κ1) is 20.2. The van der Waals surface area contributed by atoms with Crippen LogP contribution in [0.4, 0.5) is 0 Å². The van der Waals surface area contributed by atoms with Gasteiger partial charge in [0.05, 0.1) is 4.47 Å². The number of nitrogens with one attached hydrogen (secondary N) is 2. The number of benzene rings is 1. The maximum Gasteiger partial charge on any atom is 0.260 e. The topological polar surface area (TPSA) is 53.6 Å². The van der Waals surface area contributed by atoms with Gasteiger partial charge in [0.1, 0.15) is 5.75 Å². The van der Waals surface area contributed by atoms with Gasteiger partial charge in [0.15, 0.2) is 6.10 Å². The van der Waals surface area contributed by atoms with Gasteiger partial charge in [0, 0.05) is 32.7 Å². The lowest BCUT2D eigenvalue weighted by molar-refractivity contribution is -0.127. The summed E-state index contributed by atoms with van der Waals surface area (Å²) in [6.07, 6.45) is 0.464. The Morgan fingerprint density at radius 1 is 1.39 bits per heavy atom. The highest BCUT2D eigenvalue weighted by Gasteiger charge is 2.15. The fourth-order valence-electron chi connectivity index (χ4n) is 2.38. The van der Waals surface area contributed by atoms with Crippen molar-refractivity contribution in [3.63, 3.8) is 0 Å². The molecule has 0 radical (unpaired) electrons. The zero-order chi connectivity index (χ0) is 15.8. The molecule has 130 valence electrons. The second-order valence-electron chi connectivity index (χ2n) is 5.43. The van der Waals surface area contributed by atoms with Crippen LogP contribution in [0.3, 0.4) is 0 Å². The van der Waals surface area contributed by atoms with E-state index >= 15 is 0 Å². The fraction of sp³-hybridized carbons (Fsp3) is 0.562. The van der Waals surface area contributed by atoms with Crippen molar-refractivity contribution in [3.8, 4) is 5.75 Å². The Kier molecular flexibility index (Phi) is 9.55. The molecule has 1 atom stereocenters. The molecule has 5 nitrogen and oxygen atoms in total. The normalized spacial score (nSPS) is 16.3. The van der Waals surface area contributed by atoms with Crippen LogP contribution in [0.25, 0.3) is 0 Å². The summed E-state index contributed by atoms with van der Waals surface area (Å²) in [7, 11) is 0. The summed E-state index contributed by atoms with van der Waals surface area (Å²) in [4.78, 5) is 14.5. The summed E-state index contributed by atoms with van der Waals surface area (Å²) in [6.45, 7) is 7.79. The molecule has 0 aliphatic carbocycles. The number of nitrogens with zero attached hydrogens (tertiary/aromatic N) is 1. The third-order valence-corrected chi connectivity index (χ3v) is 4.32. The first-order chi connectivity index (χ1) is 10.7.